The molecule has 0 aliphatic heterocycles. The van der Waals surface area contributed by atoms with Gasteiger partial charge in [0.25, 0.3) is 0 Å². The quantitative estimate of drug-likeness (QED) is 0.629. The Kier molecular flexibility index (Phi) is 5.52. The van der Waals surface area contributed by atoms with Gasteiger partial charge < -0.3 is 4.90 Å². The number of nitrogens with one attached hydrogen (secondary N) is 1. The molecule has 3 nitrogen and oxygen atoms in total. The molecular formula is C11H17Cl2N3. The first-order chi connectivity index (χ1) is 7.54. The lowest BCUT2D eigenvalue weighted by Gasteiger charge is -2.21. The second-order valence-electron chi connectivity index (χ2n) is 4.03. The average Bonchev–Trinajstić information content (AvgIpc) is 2.21. The van der Waals surface area contributed by atoms with E-state index in [1.165, 1.54) is 0 Å². The number of halogens is 2. The van der Waals surface area contributed by atoms with Crippen LogP contribution in [0.15, 0.2) is 18.2 Å². The molecule has 1 aromatic rings. The minimum Gasteiger partial charge on any atom is -0.308 e. The van der Waals surface area contributed by atoms with Crippen LogP contribution < -0.4 is 11.3 Å². The summed E-state index contributed by atoms with van der Waals surface area (Å²) in [6.07, 6.45) is 0.715. The second-order valence-corrected chi connectivity index (χ2v) is 4.84. The summed E-state index contributed by atoms with van der Waals surface area (Å²) < 4.78 is 0. The Labute approximate surface area is 106 Å². The molecule has 0 spiro atoms. The summed E-state index contributed by atoms with van der Waals surface area (Å²) in [6, 6.07) is 5.65. The van der Waals surface area contributed by atoms with Crippen LogP contribution in [-0.4, -0.2) is 31.6 Å². The first-order valence-electron chi connectivity index (χ1n) is 5.08. The first kappa shape index (κ1) is 13.7. The number of nitrogens with zero attached hydrogens (tertiary/aromatic N) is 1. The van der Waals surface area contributed by atoms with Crippen LogP contribution in [0.25, 0.3) is 0 Å². The van der Waals surface area contributed by atoms with Crippen LogP contribution >= 0.6 is 23.2 Å². The predicted molar refractivity (Wildman–Crippen MR) is 69.8 cm³/mol. The van der Waals surface area contributed by atoms with Crippen molar-refractivity contribution < 1.29 is 0 Å². The molecule has 3 N–H and O–H groups in total. The van der Waals surface area contributed by atoms with Gasteiger partial charge in [-0.15, -0.1) is 0 Å². The van der Waals surface area contributed by atoms with Crippen molar-refractivity contribution in [3.05, 3.63) is 33.8 Å². The van der Waals surface area contributed by atoms with Crippen molar-refractivity contribution in [1.82, 2.24) is 10.3 Å². The summed E-state index contributed by atoms with van der Waals surface area (Å²) in [6.45, 7) is 0.831. The molecular weight excluding hydrogens is 245 g/mol. The molecule has 0 bridgehead atoms. The van der Waals surface area contributed by atoms with E-state index >= 15 is 0 Å². The topological polar surface area (TPSA) is 41.3 Å². The third-order valence-corrected chi connectivity index (χ3v) is 3.04. The van der Waals surface area contributed by atoms with E-state index in [2.05, 4.69) is 10.3 Å². The van der Waals surface area contributed by atoms with Gasteiger partial charge in [0.05, 0.1) is 0 Å². The van der Waals surface area contributed by atoms with Crippen molar-refractivity contribution in [3.63, 3.8) is 0 Å². The van der Waals surface area contributed by atoms with Crippen LogP contribution in [0.1, 0.15) is 5.56 Å². The van der Waals surface area contributed by atoms with Crippen molar-refractivity contribution in [2.75, 3.05) is 20.6 Å². The van der Waals surface area contributed by atoms with Crippen molar-refractivity contribution in [1.29, 1.82) is 0 Å². The number of likely N-dealkylation sites (N-methyl/N-ethyl adjacent to an activating group) is 1. The van der Waals surface area contributed by atoms with Crippen molar-refractivity contribution in [2.24, 2.45) is 5.84 Å². The number of hydrogen-bond donors (Lipinski definition) is 2. The average molecular weight is 262 g/mol. The molecule has 0 aliphatic rings. The van der Waals surface area contributed by atoms with Gasteiger partial charge in [0.2, 0.25) is 0 Å². The molecule has 0 aromatic heterocycles. The van der Waals surface area contributed by atoms with Crippen LogP contribution in [-0.2, 0) is 6.42 Å². The van der Waals surface area contributed by atoms with Gasteiger partial charge in [0, 0.05) is 22.6 Å². The van der Waals surface area contributed by atoms with Crippen LogP contribution in [0.3, 0.4) is 0 Å². The van der Waals surface area contributed by atoms with E-state index in [1.807, 2.05) is 32.3 Å². The van der Waals surface area contributed by atoms with E-state index in [-0.39, 0.29) is 6.04 Å². The van der Waals surface area contributed by atoms with E-state index in [1.54, 1.807) is 0 Å². The highest BCUT2D eigenvalue weighted by Gasteiger charge is 2.13. The molecule has 0 saturated carbocycles. The van der Waals surface area contributed by atoms with E-state index in [9.17, 15) is 0 Å². The molecule has 0 fully saturated rings. The predicted octanol–water partition coefficient (Wildman–Crippen LogP) is 1.93. The standard InChI is InChI=1S/C11H17Cl2N3/c1-16(2)7-8(15-14)6-9-10(12)4-3-5-11(9)13/h3-5,8,15H,6-7,14H2,1-2H3. The summed E-state index contributed by atoms with van der Waals surface area (Å²) in [4.78, 5) is 2.06. The smallest absolute Gasteiger partial charge is 0.0453 e. The van der Waals surface area contributed by atoms with Gasteiger partial charge >= 0.3 is 0 Å². The number of hydrazine groups is 1. The molecule has 1 unspecified atom stereocenters. The fourth-order valence-corrected chi connectivity index (χ4v) is 2.14. The van der Waals surface area contributed by atoms with Crippen molar-refractivity contribution in [3.8, 4) is 0 Å². The maximum Gasteiger partial charge on any atom is 0.0453 e. The maximum atomic E-state index is 6.10. The molecule has 1 atom stereocenters. The fourth-order valence-electron chi connectivity index (χ4n) is 1.59. The summed E-state index contributed by atoms with van der Waals surface area (Å²) in [5.41, 5.74) is 3.72. The Balaban J connectivity index is 2.77. The minimum atomic E-state index is 0.132. The van der Waals surface area contributed by atoms with Crippen molar-refractivity contribution >= 4 is 23.2 Å². The maximum absolute atomic E-state index is 6.10. The Morgan fingerprint density at radius 1 is 1.31 bits per heavy atom. The largest absolute Gasteiger partial charge is 0.308 e. The monoisotopic (exact) mass is 261 g/mol. The van der Waals surface area contributed by atoms with E-state index < -0.39 is 0 Å². The summed E-state index contributed by atoms with van der Waals surface area (Å²) in [7, 11) is 4.00. The number of benzene rings is 1. The van der Waals surface area contributed by atoms with Gasteiger partial charge in [-0.2, -0.15) is 0 Å². The summed E-state index contributed by atoms with van der Waals surface area (Å²) >= 11 is 12.2. The zero-order valence-electron chi connectivity index (χ0n) is 9.50. The number of rotatable bonds is 5. The Bertz CT molecular complexity index is 322. The zero-order valence-corrected chi connectivity index (χ0v) is 11.0. The molecule has 0 saturated heterocycles. The Morgan fingerprint density at radius 2 is 1.88 bits per heavy atom. The van der Waals surface area contributed by atoms with E-state index in [0.29, 0.717) is 16.5 Å². The lowest BCUT2D eigenvalue weighted by atomic mass is 10.1. The van der Waals surface area contributed by atoms with Gasteiger partial charge in [-0.25, -0.2) is 0 Å². The molecule has 0 heterocycles. The van der Waals surface area contributed by atoms with Gasteiger partial charge in [-0.05, 0) is 38.2 Å². The molecule has 0 aliphatic carbocycles. The van der Waals surface area contributed by atoms with E-state index in [4.69, 9.17) is 29.0 Å². The SMILES string of the molecule is CN(C)CC(Cc1c(Cl)cccc1Cl)NN. The lowest BCUT2D eigenvalue weighted by molar-refractivity contribution is 0.338. The molecule has 5 heteroatoms. The van der Waals surface area contributed by atoms with Crippen LogP contribution in [0.4, 0.5) is 0 Å². The number of hydrogen-bond acceptors (Lipinski definition) is 3. The molecule has 90 valence electrons. The molecule has 0 amide bonds. The fraction of sp³-hybridized carbons (Fsp3) is 0.455. The van der Waals surface area contributed by atoms with Gasteiger partial charge in [-0.3, -0.25) is 11.3 Å². The highest BCUT2D eigenvalue weighted by molar-refractivity contribution is 6.35. The van der Waals surface area contributed by atoms with Crippen LogP contribution in [0.5, 0.6) is 0 Å². The summed E-state index contributed by atoms with van der Waals surface area (Å²) in [5.74, 6) is 5.51. The molecule has 0 radical (unpaired) electrons. The van der Waals surface area contributed by atoms with Crippen LogP contribution in [0.2, 0.25) is 10.0 Å². The molecule has 16 heavy (non-hydrogen) atoms. The van der Waals surface area contributed by atoms with E-state index in [0.717, 1.165) is 12.1 Å². The van der Waals surface area contributed by atoms with Crippen LogP contribution in [0, 0.1) is 0 Å². The number of nitrogens with two attached hydrogens (primary N) is 1. The third kappa shape index (κ3) is 3.92. The van der Waals surface area contributed by atoms with Gasteiger partial charge in [0.1, 0.15) is 0 Å². The highest BCUT2D eigenvalue weighted by Crippen LogP contribution is 2.25. The second kappa shape index (κ2) is 6.42. The zero-order chi connectivity index (χ0) is 12.1. The molecule has 1 aromatic carbocycles. The highest BCUT2D eigenvalue weighted by atomic mass is 35.5. The lowest BCUT2D eigenvalue weighted by Crippen LogP contribution is -2.43. The third-order valence-electron chi connectivity index (χ3n) is 2.33. The molecule has 1 rings (SSSR count). The van der Waals surface area contributed by atoms with Gasteiger partial charge in [-0.1, -0.05) is 29.3 Å². The Morgan fingerprint density at radius 3 is 2.31 bits per heavy atom. The first-order valence-corrected chi connectivity index (χ1v) is 5.84. The van der Waals surface area contributed by atoms with Gasteiger partial charge in [0.15, 0.2) is 0 Å². The Hall–Kier alpha value is -0.320. The minimum absolute atomic E-state index is 0.132. The summed E-state index contributed by atoms with van der Waals surface area (Å²) in [5, 5.41) is 1.37. The van der Waals surface area contributed by atoms with Crippen molar-refractivity contribution in [2.45, 2.75) is 12.5 Å². The normalized spacial score (nSPS) is 13.1.